The molecular weight excluding hydrogens is 488 g/mol. The van der Waals surface area contributed by atoms with Crippen molar-refractivity contribution in [3.63, 3.8) is 0 Å². The standard InChI is InChI=1S/C32H44N4O3/c1-4-5-16-25(30(33)37)26(19-22(2)3)31(38)34-27-21-35(24-14-7-6-8-15-24)28-17-9-10-18-29(28)36(32(27)39)20-23-12-11-13-23/h6-10,14-15,17-18,22-23,25-27H,4-5,11-13,16,19-21H2,1-3H3,(H2,33,37)(H,34,38). The average molecular weight is 533 g/mol. The van der Waals surface area contributed by atoms with Crippen molar-refractivity contribution in [2.45, 2.75) is 71.8 Å². The summed E-state index contributed by atoms with van der Waals surface area (Å²) in [5.41, 5.74) is 8.60. The highest BCUT2D eigenvalue weighted by Gasteiger charge is 2.39. The average Bonchev–Trinajstić information content (AvgIpc) is 3.00. The summed E-state index contributed by atoms with van der Waals surface area (Å²) in [6.07, 6.45) is 6.27. The molecule has 2 aromatic carbocycles. The zero-order valence-corrected chi connectivity index (χ0v) is 23.6. The lowest BCUT2D eigenvalue weighted by Crippen LogP contribution is -2.55. The largest absolute Gasteiger partial charge is 0.369 e. The summed E-state index contributed by atoms with van der Waals surface area (Å²) in [6.45, 7) is 7.09. The highest BCUT2D eigenvalue weighted by Crippen LogP contribution is 2.39. The number of rotatable bonds is 12. The van der Waals surface area contributed by atoms with E-state index in [1.165, 1.54) is 6.42 Å². The highest BCUT2D eigenvalue weighted by atomic mass is 16.2. The first-order valence-electron chi connectivity index (χ1n) is 14.6. The van der Waals surface area contributed by atoms with E-state index in [4.69, 9.17) is 5.73 Å². The van der Waals surface area contributed by atoms with E-state index in [9.17, 15) is 14.4 Å². The van der Waals surface area contributed by atoms with Gasteiger partial charge in [-0.3, -0.25) is 14.4 Å². The van der Waals surface area contributed by atoms with Crippen molar-refractivity contribution in [1.29, 1.82) is 0 Å². The van der Waals surface area contributed by atoms with Crippen LogP contribution >= 0.6 is 0 Å². The number of para-hydroxylation sites is 3. The first kappa shape index (κ1) is 28.7. The number of fused-ring (bicyclic) bond motifs is 1. The third-order valence-corrected chi connectivity index (χ3v) is 8.22. The van der Waals surface area contributed by atoms with Gasteiger partial charge >= 0.3 is 0 Å². The second-order valence-electron chi connectivity index (χ2n) is 11.6. The van der Waals surface area contributed by atoms with Gasteiger partial charge in [0.05, 0.1) is 17.9 Å². The van der Waals surface area contributed by atoms with Crippen LogP contribution in [0.25, 0.3) is 0 Å². The number of nitrogens with two attached hydrogens (primary N) is 1. The van der Waals surface area contributed by atoms with Crippen LogP contribution in [0.15, 0.2) is 54.6 Å². The summed E-state index contributed by atoms with van der Waals surface area (Å²) in [5.74, 6) is -1.27. The molecule has 4 rings (SSSR count). The van der Waals surface area contributed by atoms with E-state index in [0.29, 0.717) is 31.8 Å². The van der Waals surface area contributed by atoms with Crippen LogP contribution in [0.4, 0.5) is 17.1 Å². The quantitative estimate of drug-likeness (QED) is 0.382. The molecule has 2 aliphatic rings. The van der Waals surface area contributed by atoms with Crippen molar-refractivity contribution in [3.8, 4) is 0 Å². The molecule has 1 aliphatic carbocycles. The lowest BCUT2D eigenvalue weighted by Gasteiger charge is -2.34. The normalized spacial score (nSPS) is 19.2. The second kappa shape index (κ2) is 13.1. The van der Waals surface area contributed by atoms with Crippen molar-refractivity contribution in [2.24, 2.45) is 29.4 Å². The first-order chi connectivity index (χ1) is 18.8. The minimum atomic E-state index is -0.764. The van der Waals surface area contributed by atoms with Crippen LogP contribution in [0.5, 0.6) is 0 Å². The molecule has 1 heterocycles. The minimum absolute atomic E-state index is 0.103. The van der Waals surface area contributed by atoms with Gasteiger partial charge in [-0.1, -0.05) is 70.4 Å². The molecule has 0 saturated heterocycles. The number of benzene rings is 2. The van der Waals surface area contributed by atoms with Crippen LogP contribution in [-0.2, 0) is 14.4 Å². The Bertz CT molecular complexity index is 1130. The van der Waals surface area contributed by atoms with Gasteiger partial charge in [-0.05, 0) is 61.8 Å². The summed E-state index contributed by atoms with van der Waals surface area (Å²) < 4.78 is 0. The zero-order valence-electron chi connectivity index (χ0n) is 23.6. The molecule has 0 bridgehead atoms. The Hall–Kier alpha value is -3.35. The Balaban J connectivity index is 1.69. The van der Waals surface area contributed by atoms with Crippen molar-refractivity contribution >= 4 is 34.8 Å². The van der Waals surface area contributed by atoms with Gasteiger partial charge in [-0.25, -0.2) is 0 Å². The van der Waals surface area contributed by atoms with Gasteiger partial charge in [0.25, 0.3) is 5.91 Å². The molecule has 3 atom stereocenters. The monoisotopic (exact) mass is 532 g/mol. The summed E-state index contributed by atoms with van der Waals surface area (Å²) in [6, 6.07) is 17.2. The van der Waals surface area contributed by atoms with Gasteiger partial charge in [-0.2, -0.15) is 0 Å². The van der Waals surface area contributed by atoms with Gasteiger partial charge in [-0.15, -0.1) is 0 Å². The number of primary amides is 1. The summed E-state index contributed by atoms with van der Waals surface area (Å²) in [5, 5.41) is 3.12. The number of amides is 3. The smallest absolute Gasteiger partial charge is 0.251 e. The number of hydrogen-bond acceptors (Lipinski definition) is 4. The van der Waals surface area contributed by atoms with Crippen LogP contribution < -0.4 is 20.9 Å². The third-order valence-electron chi connectivity index (χ3n) is 8.22. The Morgan fingerprint density at radius 1 is 1.00 bits per heavy atom. The fourth-order valence-electron chi connectivity index (χ4n) is 5.87. The lowest BCUT2D eigenvalue weighted by molar-refractivity contribution is -0.136. The van der Waals surface area contributed by atoms with Gasteiger partial charge in [0.1, 0.15) is 6.04 Å². The zero-order chi connectivity index (χ0) is 27.9. The maximum atomic E-state index is 14.2. The van der Waals surface area contributed by atoms with Gasteiger partial charge < -0.3 is 20.9 Å². The fourth-order valence-corrected chi connectivity index (χ4v) is 5.87. The molecule has 1 fully saturated rings. The molecule has 39 heavy (non-hydrogen) atoms. The summed E-state index contributed by atoms with van der Waals surface area (Å²) in [4.78, 5) is 44.6. The van der Waals surface area contributed by atoms with E-state index in [1.54, 1.807) is 0 Å². The van der Waals surface area contributed by atoms with Crippen LogP contribution in [0.2, 0.25) is 0 Å². The number of unbranched alkanes of at least 4 members (excludes halogenated alkanes) is 1. The molecule has 0 radical (unpaired) electrons. The number of hydrogen-bond donors (Lipinski definition) is 2. The maximum absolute atomic E-state index is 14.2. The van der Waals surface area contributed by atoms with Gasteiger partial charge in [0, 0.05) is 24.1 Å². The van der Waals surface area contributed by atoms with Gasteiger partial charge in [0.15, 0.2) is 0 Å². The third kappa shape index (κ3) is 6.81. The van der Waals surface area contributed by atoms with Crippen molar-refractivity contribution < 1.29 is 14.4 Å². The van der Waals surface area contributed by atoms with Crippen molar-refractivity contribution in [2.75, 3.05) is 22.9 Å². The van der Waals surface area contributed by atoms with Crippen LogP contribution in [0.3, 0.4) is 0 Å². The van der Waals surface area contributed by atoms with Crippen LogP contribution in [0.1, 0.15) is 65.7 Å². The molecule has 0 aromatic heterocycles. The molecule has 3 amide bonds. The Morgan fingerprint density at radius 3 is 2.26 bits per heavy atom. The Labute approximate surface area is 233 Å². The minimum Gasteiger partial charge on any atom is -0.369 e. The van der Waals surface area contributed by atoms with Crippen molar-refractivity contribution in [3.05, 3.63) is 54.6 Å². The number of nitrogens with zero attached hydrogens (tertiary/aromatic N) is 2. The predicted molar refractivity (Wildman–Crippen MR) is 157 cm³/mol. The molecule has 210 valence electrons. The molecule has 3 unspecified atom stereocenters. The lowest BCUT2D eigenvalue weighted by atomic mass is 9.81. The molecule has 1 aliphatic heterocycles. The fraction of sp³-hybridized carbons (Fsp3) is 0.531. The second-order valence-corrected chi connectivity index (χ2v) is 11.6. The van der Waals surface area contributed by atoms with E-state index in [-0.39, 0.29) is 17.7 Å². The Morgan fingerprint density at radius 2 is 1.67 bits per heavy atom. The predicted octanol–water partition coefficient (Wildman–Crippen LogP) is 5.41. The van der Waals surface area contributed by atoms with Crippen molar-refractivity contribution in [1.82, 2.24) is 5.32 Å². The molecule has 1 saturated carbocycles. The number of carbonyl (C=O) groups excluding carboxylic acids is 3. The number of nitrogens with one attached hydrogen (secondary N) is 1. The van der Waals surface area contributed by atoms with E-state index < -0.39 is 23.8 Å². The van der Waals surface area contributed by atoms with E-state index in [0.717, 1.165) is 42.7 Å². The highest BCUT2D eigenvalue weighted by molar-refractivity contribution is 6.04. The summed E-state index contributed by atoms with van der Waals surface area (Å²) in [7, 11) is 0. The van der Waals surface area contributed by atoms with E-state index in [2.05, 4.69) is 17.1 Å². The Kier molecular flexibility index (Phi) is 9.65. The number of anilines is 3. The molecular formula is C32H44N4O3. The van der Waals surface area contributed by atoms with Crippen LogP contribution in [-0.4, -0.2) is 36.9 Å². The van der Waals surface area contributed by atoms with E-state index in [1.807, 2.05) is 73.3 Å². The van der Waals surface area contributed by atoms with Crippen LogP contribution in [0, 0.1) is 23.7 Å². The molecule has 0 spiro atoms. The van der Waals surface area contributed by atoms with E-state index >= 15 is 0 Å². The molecule has 7 nitrogen and oxygen atoms in total. The maximum Gasteiger partial charge on any atom is 0.251 e. The topological polar surface area (TPSA) is 95.7 Å². The van der Waals surface area contributed by atoms with Gasteiger partial charge in [0.2, 0.25) is 11.8 Å². The summed E-state index contributed by atoms with van der Waals surface area (Å²) >= 11 is 0. The first-order valence-corrected chi connectivity index (χ1v) is 14.6. The molecule has 2 aromatic rings. The SMILES string of the molecule is CCCCC(C(N)=O)C(CC(C)C)C(=O)NC1CN(c2ccccc2)c2ccccc2N(CC2CCC2)C1=O. The number of carbonyl (C=O) groups is 3. The molecule has 7 heteroatoms. The molecule has 3 N–H and O–H groups in total.